The highest BCUT2D eigenvalue weighted by atomic mass is 32.1. The average molecular weight is 227 g/mol. The van der Waals surface area contributed by atoms with E-state index in [2.05, 4.69) is 10.3 Å². The Bertz CT molecular complexity index is 329. The standard InChI is InChI=1S/C10H17N3OS/c1-6(4-5-11)9(14)13-10-12-7(2)8(3)15-10/h6H,4-5,11H2,1-3H3,(H,12,13,14). The molecule has 0 aromatic carbocycles. The summed E-state index contributed by atoms with van der Waals surface area (Å²) in [5.41, 5.74) is 6.37. The first kappa shape index (κ1) is 12.1. The van der Waals surface area contributed by atoms with Gasteiger partial charge >= 0.3 is 0 Å². The number of hydrogen-bond donors (Lipinski definition) is 2. The zero-order valence-electron chi connectivity index (χ0n) is 9.33. The minimum absolute atomic E-state index is 0.00537. The third-order valence-electron chi connectivity index (χ3n) is 2.31. The van der Waals surface area contributed by atoms with Crippen LogP contribution in [0.5, 0.6) is 0 Å². The monoisotopic (exact) mass is 227 g/mol. The Morgan fingerprint density at radius 1 is 1.60 bits per heavy atom. The number of thiazole rings is 1. The maximum absolute atomic E-state index is 11.6. The van der Waals surface area contributed by atoms with Crippen molar-refractivity contribution in [3.8, 4) is 0 Å². The molecule has 1 aromatic heterocycles. The number of rotatable bonds is 4. The van der Waals surface area contributed by atoms with Crippen molar-refractivity contribution < 1.29 is 4.79 Å². The summed E-state index contributed by atoms with van der Waals surface area (Å²) in [7, 11) is 0. The number of anilines is 1. The molecular weight excluding hydrogens is 210 g/mol. The first-order chi connectivity index (χ1) is 7.04. The van der Waals surface area contributed by atoms with E-state index in [4.69, 9.17) is 5.73 Å². The summed E-state index contributed by atoms with van der Waals surface area (Å²) in [6, 6.07) is 0. The molecule has 5 heteroatoms. The molecule has 0 spiro atoms. The molecule has 0 saturated carbocycles. The molecule has 1 unspecified atom stereocenters. The molecule has 0 saturated heterocycles. The van der Waals surface area contributed by atoms with Gasteiger partial charge in [0, 0.05) is 10.8 Å². The van der Waals surface area contributed by atoms with Gasteiger partial charge in [-0.15, -0.1) is 11.3 Å². The molecule has 1 heterocycles. The fraction of sp³-hybridized carbons (Fsp3) is 0.600. The highest BCUT2D eigenvalue weighted by Crippen LogP contribution is 2.21. The SMILES string of the molecule is Cc1nc(NC(=O)C(C)CCN)sc1C. The summed E-state index contributed by atoms with van der Waals surface area (Å²) in [5.74, 6) is -0.0614. The third kappa shape index (κ3) is 3.28. The smallest absolute Gasteiger partial charge is 0.229 e. The van der Waals surface area contributed by atoms with E-state index in [0.29, 0.717) is 18.1 Å². The Kier molecular flexibility index (Phi) is 4.23. The molecule has 1 aromatic rings. The number of amides is 1. The first-order valence-corrected chi connectivity index (χ1v) is 5.81. The number of nitrogens with zero attached hydrogens (tertiary/aromatic N) is 1. The zero-order valence-corrected chi connectivity index (χ0v) is 10.1. The van der Waals surface area contributed by atoms with Crippen molar-refractivity contribution in [1.29, 1.82) is 0 Å². The van der Waals surface area contributed by atoms with Crippen LogP contribution in [0.15, 0.2) is 0 Å². The number of nitrogens with one attached hydrogen (secondary N) is 1. The summed E-state index contributed by atoms with van der Waals surface area (Å²) >= 11 is 1.50. The van der Waals surface area contributed by atoms with Gasteiger partial charge in [0.15, 0.2) is 5.13 Å². The molecule has 0 bridgehead atoms. The molecular formula is C10H17N3OS. The van der Waals surface area contributed by atoms with E-state index in [1.54, 1.807) is 0 Å². The maximum atomic E-state index is 11.6. The molecule has 1 atom stereocenters. The molecule has 3 N–H and O–H groups in total. The average Bonchev–Trinajstić information content (AvgIpc) is 2.46. The minimum Gasteiger partial charge on any atom is -0.330 e. The number of carbonyl (C=O) groups is 1. The minimum atomic E-state index is -0.0560. The summed E-state index contributed by atoms with van der Waals surface area (Å²) in [6.07, 6.45) is 0.704. The van der Waals surface area contributed by atoms with Gasteiger partial charge in [0.25, 0.3) is 0 Å². The number of aromatic nitrogens is 1. The third-order valence-corrected chi connectivity index (χ3v) is 3.29. The van der Waals surface area contributed by atoms with E-state index in [0.717, 1.165) is 10.6 Å². The Balaban J connectivity index is 2.58. The van der Waals surface area contributed by atoms with Crippen LogP contribution in [0.4, 0.5) is 5.13 Å². The van der Waals surface area contributed by atoms with Crippen LogP contribution < -0.4 is 11.1 Å². The van der Waals surface area contributed by atoms with Crippen LogP contribution in [0.1, 0.15) is 23.9 Å². The predicted molar refractivity (Wildman–Crippen MR) is 63.1 cm³/mol. The molecule has 0 aliphatic carbocycles. The van der Waals surface area contributed by atoms with Crippen molar-refractivity contribution in [2.45, 2.75) is 27.2 Å². The normalized spacial score (nSPS) is 12.5. The van der Waals surface area contributed by atoms with Crippen molar-refractivity contribution in [1.82, 2.24) is 4.98 Å². The van der Waals surface area contributed by atoms with Gasteiger partial charge in [-0.1, -0.05) is 6.92 Å². The lowest BCUT2D eigenvalue weighted by atomic mass is 10.1. The van der Waals surface area contributed by atoms with Crippen LogP contribution in [-0.4, -0.2) is 17.4 Å². The summed E-state index contributed by atoms with van der Waals surface area (Å²) in [6.45, 7) is 6.33. The number of carbonyl (C=O) groups excluding carboxylic acids is 1. The lowest BCUT2D eigenvalue weighted by molar-refractivity contribution is -0.119. The lowest BCUT2D eigenvalue weighted by Crippen LogP contribution is -2.22. The van der Waals surface area contributed by atoms with Crippen LogP contribution in [0, 0.1) is 19.8 Å². The topological polar surface area (TPSA) is 68.0 Å². The van der Waals surface area contributed by atoms with Crippen molar-refractivity contribution in [3.63, 3.8) is 0 Å². The molecule has 0 radical (unpaired) electrons. The van der Waals surface area contributed by atoms with Crippen LogP contribution in [0.25, 0.3) is 0 Å². The van der Waals surface area contributed by atoms with E-state index < -0.39 is 0 Å². The van der Waals surface area contributed by atoms with E-state index >= 15 is 0 Å². The largest absolute Gasteiger partial charge is 0.330 e. The van der Waals surface area contributed by atoms with Crippen molar-refractivity contribution >= 4 is 22.4 Å². The highest BCUT2D eigenvalue weighted by Gasteiger charge is 2.14. The van der Waals surface area contributed by atoms with Gasteiger partial charge in [0.05, 0.1) is 5.69 Å². The van der Waals surface area contributed by atoms with E-state index in [1.165, 1.54) is 11.3 Å². The van der Waals surface area contributed by atoms with Gasteiger partial charge in [0.2, 0.25) is 5.91 Å². The molecule has 0 aliphatic rings. The van der Waals surface area contributed by atoms with Crippen LogP contribution in [0.2, 0.25) is 0 Å². The van der Waals surface area contributed by atoms with Crippen LogP contribution >= 0.6 is 11.3 Å². The van der Waals surface area contributed by atoms with Crippen LogP contribution in [-0.2, 0) is 4.79 Å². The van der Waals surface area contributed by atoms with E-state index in [9.17, 15) is 4.79 Å². The second-order valence-corrected chi connectivity index (χ2v) is 4.83. The van der Waals surface area contributed by atoms with E-state index in [1.807, 2.05) is 20.8 Å². The highest BCUT2D eigenvalue weighted by molar-refractivity contribution is 7.15. The quantitative estimate of drug-likeness (QED) is 0.822. The van der Waals surface area contributed by atoms with Gasteiger partial charge in [-0.25, -0.2) is 4.98 Å². The molecule has 0 fully saturated rings. The number of aryl methyl sites for hydroxylation is 2. The Morgan fingerprint density at radius 3 is 2.73 bits per heavy atom. The van der Waals surface area contributed by atoms with Gasteiger partial charge in [-0.2, -0.15) is 0 Å². The fourth-order valence-corrected chi connectivity index (χ4v) is 1.95. The predicted octanol–water partition coefficient (Wildman–Crippen LogP) is 1.68. The Morgan fingerprint density at radius 2 is 2.27 bits per heavy atom. The van der Waals surface area contributed by atoms with Crippen molar-refractivity contribution in [2.24, 2.45) is 11.7 Å². The Hall–Kier alpha value is -0.940. The maximum Gasteiger partial charge on any atom is 0.229 e. The second-order valence-electron chi connectivity index (χ2n) is 3.63. The molecule has 15 heavy (non-hydrogen) atoms. The Labute approximate surface area is 93.9 Å². The van der Waals surface area contributed by atoms with Crippen molar-refractivity contribution in [2.75, 3.05) is 11.9 Å². The zero-order chi connectivity index (χ0) is 11.4. The van der Waals surface area contributed by atoms with Gasteiger partial charge < -0.3 is 11.1 Å². The summed E-state index contributed by atoms with van der Waals surface area (Å²) in [5, 5.41) is 3.48. The molecule has 4 nitrogen and oxygen atoms in total. The molecule has 84 valence electrons. The summed E-state index contributed by atoms with van der Waals surface area (Å²) in [4.78, 5) is 17.0. The van der Waals surface area contributed by atoms with Gasteiger partial charge in [0.1, 0.15) is 0 Å². The second kappa shape index (κ2) is 5.23. The van der Waals surface area contributed by atoms with Gasteiger partial charge in [-0.3, -0.25) is 4.79 Å². The number of hydrogen-bond acceptors (Lipinski definition) is 4. The van der Waals surface area contributed by atoms with Crippen LogP contribution in [0.3, 0.4) is 0 Å². The van der Waals surface area contributed by atoms with E-state index in [-0.39, 0.29) is 11.8 Å². The molecule has 1 amide bonds. The summed E-state index contributed by atoms with van der Waals surface area (Å²) < 4.78 is 0. The fourth-order valence-electron chi connectivity index (χ4n) is 1.14. The van der Waals surface area contributed by atoms with Crippen molar-refractivity contribution in [3.05, 3.63) is 10.6 Å². The number of nitrogens with two attached hydrogens (primary N) is 1. The lowest BCUT2D eigenvalue weighted by Gasteiger charge is -2.08. The first-order valence-electron chi connectivity index (χ1n) is 4.99. The molecule has 1 rings (SSSR count). The molecule has 0 aliphatic heterocycles. The van der Waals surface area contributed by atoms with Gasteiger partial charge in [-0.05, 0) is 26.8 Å².